The molecule has 1 aromatic carbocycles. The van der Waals surface area contributed by atoms with Crippen molar-refractivity contribution in [3.05, 3.63) is 41.7 Å². The van der Waals surface area contributed by atoms with E-state index in [9.17, 15) is 21.6 Å². The number of nitrogens with zero attached hydrogens (tertiary/aromatic N) is 2. The Kier molecular flexibility index (Phi) is 4.19. The highest BCUT2D eigenvalue weighted by Crippen LogP contribution is 2.30. The van der Waals surface area contributed by atoms with Crippen molar-refractivity contribution in [1.82, 2.24) is 9.78 Å². The number of halogens is 3. The van der Waals surface area contributed by atoms with E-state index in [0.717, 1.165) is 10.9 Å². The van der Waals surface area contributed by atoms with Gasteiger partial charge in [-0.2, -0.15) is 18.3 Å². The molecule has 0 atom stereocenters. The molecule has 120 valence electrons. The maximum atomic E-state index is 12.8. The summed E-state index contributed by atoms with van der Waals surface area (Å²) in [6.07, 6.45) is -2.14. The summed E-state index contributed by atoms with van der Waals surface area (Å²) in [6.45, 7) is -0.0685. The molecule has 22 heavy (non-hydrogen) atoms. The fourth-order valence-electron chi connectivity index (χ4n) is 1.92. The third-order valence-corrected chi connectivity index (χ3v) is 4.07. The molecule has 0 spiro atoms. The number of alkyl halides is 3. The van der Waals surface area contributed by atoms with E-state index < -0.39 is 21.7 Å². The van der Waals surface area contributed by atoms with Crippen LogP contribution in [0.3, 0.4) is 0 Å². The zero-order valence-electron chi connectivity index (χ0n) is 11.8. The van der Waals surface area contributed by atoms with Crippen molar-refractivity contribution in [3.8, 4) is 0 Å². The number of anilines is 1. The second-order valence-corrected chi connectivity index (χ2v) is 6.84. The van der Waals surface area contributed by atoms with Gasteiger partial charge in [-0.3, -0.25) is 4.68 Å². The van der Waals surface area contributed by atoms with Gasteiger partial charge >= 0.3 is 6.18 Å². The summed E-state index contributed by atoms with van der Waals surface area (Å²) < 4.78 is 62.2. The molecule has 9 heteroatoms. The Balaban J connectivity index is 2.14. The molecule has 2 rings (SSSR count). The molecule has 0 bridgehead atoms. The van der Waals surface area contributed by atoms with Crippen LogP contribution in [0.4, 0.5) is 18.9 Å². The largest absolute Gasteiger partial charge is 0.435 e. The predicted molar refractivity (Wildman–Crippen MR) is 75.1 cm³/mol. The van der Waals surface area contributed by atoms with Crippen LogP contribution in [0.2, 0.25) is 0 Å². The molecule has 0 fully saturated rings. The van der Waals surface area contributed by atoms with E-state index in [0.29, 0.717) is 5.69 Å². The molecule has 2 aromatic rings. The van der Waals surface area contributed by atoms with Crippen LogP contribution in [-0.4, -0.2) is 24.5 Å². The minimum atomic E-state index is -4.52. The topological polar surface area (TPSA) is 64.0 Å². The molecule has 1 N–H and O–H groups in total. The Morgan fingerprint density at radius 3 is 2.32 bits per heavy atom. The Morgan fingerprint density at radius 1 is 1.23 bits per heavy atom. The fourth-order valence-corrected chi connectivity index (χ4v) is 2.55. The van der Waals surface area contributed by atoms with Gasteiger partial charge in [0.1, 0.15) is 0 Å². The number of aromatic nitrogens is 2. The van der Waals surface area contributed by atoms with Crippen LogP contribution in [0.15, 0.2) is 35.4 Å². The van der Waals surface area contributed by atoms with Crippen LogP contribution in [0.5, 0.6) is 0 Å². The summed E-state index contributed by atoms with van der Waals surface area (Å²) in [5, 5.41) is 6.23. The zero-order chi connectivity index (χ0) is 16.5. The van der Waals surface area contributed by atoms with E-state index in [4.69, 9.17) is 0 Å². The monoisotopic (exact) mass is 333 g/mol. The third kappa shape index (κ3) is 3.79. The number of aryl methyl sites for hydroxylation is 1. The van der Waals surface area contributed by atoms with Crippen molar-refractivity contribution in [2.24, 2.45) is 7.05 Å². The summed E-state index contributed by atoms with van der Waals surface area (Å²) in [5.41, 5.74) is -0.401. The first-order valence-electron chi connectivity index (χ1n) is 6.21. The van der Waals surface area contributed by atoms with Gasteiger partial charge in [-0.1, -0.05) is 0 Å². The van der Waals surface area contributed by atoms with E-state index in [2.05, 4.69) is 10.4 Å². The number of sulfone groups is 1. The van der Waals surface area contributed by atoms with Gasteiger partial charge in [0.25, 0.3) is 0 Å². The fraction of sp³-hybridized carbons (Fsp3) is 0.308. The lowest BCUT2D eigenvalue weighted by Crippen LogP contribution is -2.11. The van der Waals surface area contributed by atoms with Crippen LogP contribution in [0.1, 0.15) is 11.3 Å². The molecular weight excluding hydrogens is 319 g/mol. The number of nitrogens with one attached hydrogen (secondary N) is 1. The molecule has 5 nitrogen and oxygen atoms in total. The molecule has 1 aromatic heterocycles. The zero-order valence-corrected chi connectivity index (χ0v) is 12.7. The lowest BCUT2D eigenvalue weighted by molar-refractivity contribution is -0.142. The van der Waals surface area contributed by atoms with Gasteiger partial charge in [0.15, 0.2) is 15.5 Å². The van der Waals surface area contributed by atoms with Crippen molar-refractivity contribution in [3.63, 3.8) is 0 Å². The van der Waals surface area contributed by atoms with Crippen molar-refractivity contribution in [2.75, 3.05) is 11.6 Å². The van der Waals surface area contributed by atoms with Crippen LogP contribution in [0.25, 0.3) is 0 Å². The summed E-state index contributed by atoms with van der Waals surface area (Å²) >= 11 is 0. The molecule has 0 saturated heterocycles. The van der Waals surface area contributed by atoms with Gasteiger partial charge in [-0.15, -0.1) is 0 Å². The molecule has 0 amide bonds. The minimum absolute atomic E-state index is 0.0159. The molecule has 0 aliphatic rings. The molecule has 0 radical (unpaired) electrons. The van der Waals surface area contributed by atoms with Crippen LogP contribution >= 0.6 is 0 Å². The molecular formula is C13H14F3N3O2S. The second kappa shape index (κ2) is 5.64. The van der Waals surface area contributed by atoms with Gasteiger partial charge in [0.05, 0.1) is 4.90 Å². The first kappa shape index (κ1) is 16.3. The smallest absolute Gasteiger partial charge is 0.381 e. The molecule has 1 heterocycles. The molecule has 0 aliphatic carbocycles. The lowest BCUT2D eigenvalue weighted by Gasteiger charge is -2.09. The maximum Gasteiger partial charge on any atom is 0.435 e. The number of benzene rings is 1. The quantitative estimate of drug-likeness (QED) is 0.933. The van der Waals surface area contributed by atoms with E-state index >= 15 is 0 Å². The van der Waals surface area contributed by atoms with Gasteiger partial charge in [0.2, 0.25) is 0 Å². The average molecular weight is 333 g/mol. The SMILES string of the molecule is Cn1cc(CNc2ccc(S(C)(=O)=O)cc2)c(C(F)(F)F)n1. The maximum absolute atomic E-state index is 12.8. The first-order valence-corrected chi connectivity index (χ1v) is 8.10. The number of rotatable bonds is 4. The first-order chi connectivity index (χ1) is 10.1. The molecule has 0 aliphatic heterocycles. The number of hydrogen-bond donors (Lipinski definition) is 1. The van der Waals surface area contributed by atoms with E-state index in [1.165, 1.54) is 37.5 Å². The van der Waals surface area contributed by atoms with E-state index in [1.807, 2.05) is 0 Å². The Bertz CT molecular complexity index is 765. The van der Waals surface area contributed by atoms with Crippen LogP contribution < -0.4 is 5.32 Å². The normalized spacial score (nSPS) is 12.4. The van der Waals surface area contributed by atoms with E-state index in [-0.39, 0.29) is 17.0 Å². The van der Waals surface area contributed by atoms with Crippen LogP contribution in [0, 0.1) is 0 Å². The summed E-state index contributed by atoms with van der Waals surface area (Å²) in [5.74, 6) is 0. The van der Waals surface area contributed by atoms with Crippen molar-refractivity contribution < 1.29 is 21.6 Å². The van der Waals surface area contributed by atoms with Crippen molar-refractivity contribution >= 4 is 15.5 Å². The summed E-state index contributed by atoms with van der Waals surface area (Å²) in [4.78, 5) is 0.149. The Hall–Kier alpha value is -2.03. The Labute approximate surface area is 125 Å². The summed E-state index contributed by atoms with van der Waals surface area (Å²) in [7, 11) is -1.88. The van der Waals surface area contributed by atoms with Gasteiger partial charge in [0, 0.05) is 37.3 Å². The Morgan fingerprint density at radius 2 is 1.82 bits per heavy atom. The van der Waals surface area contributed by atoms with E-state index in [1.54, 1.807) is 0 Å². The average Bonchev–Trinajstić information content (AvgIpc) is 2.77. The highest BCUT2D eigenvalue weighted by molar-refractivity contribution is 7.90. The van der Waals surface area contributed by atoms with Crippen LogP contribution in [-0.2, 0) is 29.6 Å². The lowest BCUT2D eigenvalue weighted by atomic mass is 10.2. The second-order valence-electron chi connectivity index (χ2n) is 4.82. The van der Waals surface area contributed by atoms with Gasteiger partial charge in [-0.25, -0.2) is 8.42 Å². The summed E-state index contributed by atoms with van der Waals surface area (Å²) in [6, 6.07) is 5.79. The van der Waals surface area contributed by atoms with Crippen molar-refractivity contribution in [1.29, 1.82) is 0 Å². The highest BCUT2D eigenvalue weighted by Gasteiger charge is 2.36. The van der Waals surface area contributed by atoms with Gasteiger partial charge in [-0.05, 0) is 24.3 Å². The minimum Gasteiger partial charge on any atom is -0.381 e. The molecule has 0 unspecified atom stereocenters. The number of hydrogen-bond acceptors (Lipinski definition) is 4. The molecule has 0 saturated carbocycles. The highest BCUT2D eigenvalue weighted by atomic mass is 32.2. The standard InChI is InChI=1S/C13H14F3N3O2S/c1-19-8-9(12(18-19)13(14,15)16)7-17-10-3-5-11(6-4-10)22(2,20)21/h3-6,8,17H,7H2,1-2H3. The van der Waals surface area contributed by atoms with Gasteiger partial charge < -0.3 is 5.32 Å². The van der Waals surface area contributed by atoms with Crippen molar-refractivity contribution in [2.45, 2.75) is 17.6 Å². The third-order valence-electron chi connectivity index (χ3n) is 2.94. The predicted octanol–water partition coefficient (Wildman–Crippen LogP) is 2.45.